The molecule has 0 bridgehead atoms. The van der Waals surface area contributed by atoms with Crippen molar-refractivity contribution in [3.05, 3.63) is 0 Å². The average Bonchev–Trinajstić information content (AvgIpc) is 2.10. The maximum Gasteiger partial charge on any atom is 0.317 e. The van der Waals surface area contributed by atoms with Crippen LogP contribution in [0.5, 0.6) is 0 Å². The van der Waals surface area contributed by atoms with Crippen molar-refractivity contribution >= 4 is 5.97 Å². The van der Waals surface area contributed by atoms with Crippen molar-refractivity contribution in [1.82, 2.24) is 4.90 Å². The SMILES string of the molecule is CCC(C)N(CCC(C)O)CC(=O)O. The van der Waals surface area contributed by atoms with Crippen LogP contribution in [0.2, 0.25) is 0 Å². The van der Waals surface area contributed by atoms with Crippen molar-refractivity contribution in [2.24, 2.45) is 0 Å². The van der Waals surface area contributed by atoms with Gasteiger partial charge in [-0.3, -0.25) is 9.69 Å². The quantitative estimate of drug-likeness (QED) is 0.646. The van der Waals surface area contributed by atoms with Crippen LogP contribution in [0.4, 0.5) is 0 Å². The number of aliphatic carboxylic acids is 1. The summed E-state index contributed by atoms with van der Waals surface area (Å²) in [6.45, 7) is 6.45. The minimum atomic E-state index is -0.809. The molecule has 2 atom stereocenters. The van der Waals surface area contributed by atoms with Crippen LogP contribution in [0.1, 0.15) is 33.6 Å². The Morgan fingerprint density at radius 2 is 2.00 bits per heavy atom. The summed E-state index contributed by atoms with van der Waals surface area (Å²) in [6, 6.07) is 0.254. The van der Waals surface area contributed by atoms with Crippen molar-refractivity contribution in [1.29, 1.82) is 0 Å². The average molecular weight is 203 g/mol. The van der Waals surface area contributed by atoms with Gasteiger partial charge in [-0.1, -0.05) is 6.92 Å². The summed E-state index contributed by atoms with van der Waals surface area (Å²) in [7, 11) is 0. The number of nitrogens with zero attached hydrogens (tertiary/aromatic N) is 1. The molecule has 0 heterocycles. The summed E-state index contributed by atoms with van der Waals surface area (Å²) in [4.78, 5) is 12.5. The highest BCUT2D eigenvalue weighted by atomic mass is 16.4. The van der Waals surface area contributed by atoms with E-state index in [9.17, 15) is 4.79 Å². The molecule has 2 N–H and O–H groups in total. The second-order valence-corrected chi connectivity index (χ2v) is 3.76. The normalized spacial score (nSPS) is 15.5. The molecule has 0 spiro atoms. The fraction of sp³-hybridized carbons (Fsp3) is 0.900. The third kappa shape index (κ3) is 5.94. The molecule has 14 heavy (non-hydrogen) atoms. The monoisotopic (exact) mass is 203 g/mol. The molecule has 84 valence electrons. The van der Waals surface area contributed by atoms with Gasteiger partial charge in [-0.2, -0.15) is 0 Å². The number of hydrogen-bond acceptors (Lipinski definition) is 3. The fourth-order valence-electron chi connectivity index (χ4n) is 1.24. The lowest BCUT2D eigenvalue weighted by Crippen LogP contribution is -2.38. The molecule has 0 aromatic carbocycles. The Balaban J connectivity index is 4.03. The lowest BCUT2D eigenvalue weighted by molar-refractivity contribution is -0.139. The third-order valence-corrected chi connectivity index (χ3v) is 2.39. The first-order valence-electron chi connectivity index (χ1n) is 5.11. The molecule has 0 aromatic heterocycles. The highest BCUT2D eigenvalue weighted by Gasteiger charge is 2.15. The Kier molecular flexibility index (Phi) is 6.49. The van der Waals surface area contributed by atoms with E-state index in [2.05, 4.69) is 0 Å². The van der Waals surface area contributed by atoms with Crippen molar-refractivity contribution in [2.45, 2.75) is 45.8 Å². The number of carbonyl (C=O) groups is 1. The summed E-state index contributed by atoms with van der Waals surface area (Å²) in [5, 5.41) is 17.8. The summed E-state index contributed by atoms with van der Waals surface area (Å²) in [5.74, 6) is -0.809. The van der Waals surface area contributed by atoms with Gasteiger partial charge >= 0.3 is 5.97 Å². The van der Waals surface area contributed by atoms with Gasteiger partial charge in [0.2, 0.25) is 0 Å². The predicted molar refractivity (Wildman–Crippen MR) is 55.3 cm³/mol. The summed E-state index contributed by atoms with van der Waals surface area (Å²) < 4.78 is 0. The van der Waals surface area contributed by atoms with Gasteiger partial charge in [0.25, 0.3) is 0 Å². The number of hydrogen-bond donors (Lipinski definition) is 2. The van der Waals surface area contributed by atoms with E-state index in [1.165, 1.54) is 0 Å². The zero-order valence-electron chi connectivity index (χ0n) is 9.23. The van der Waals surface area contributed by atoms with Crippen molar-refractivity contribution < 1.29 is 15.0 Å². The Morgan fingerprint density at radius 1 is 1.43 bits per heavy atom. The number of carboxylic acids is 1. The Hall–Kier alpha value is -0.610. The zero-order chi connectivity index (χ0) is 11.1. The van der Waals surface area contributed by atoms with E-state index in [1.54, 1.807) is 6.92 Å². The molecule has 0 amide bonds. The van der Waals surface area contributed by atoms with Crippen LogP contribution in [-0.2, 0) is 4.79 Å². The number of rotatable bonds is 7. The van der Waals surface area contributed by atoms with E-state index in [-0.39, 0.29) is 18.7 Å². The summed E-state index contributed by atoms with van der Waals surface area (Å²) in [5.41, 5.74) is 0. The lowest BCUT2D eigenvalue weighted by Gasteiger charge is -2.26. The maximum absolute atomic E-state index is 10.6. The number of carboxylic acid groups (broad SMARTS) is 1. The Labute approximate surface area is 85.5 Å². The largest absolute Gasteiger partial charge is 0.480 e. The molecular weight excluding hydrogens is 182 g/mol. The summed E-state index contributed by atoms with van der Waals surface area (Å²) >= 11 is 0. The first-order valence-corrected chi connectivity index (χ1v) is 5.11. The van der Waals surface area contributed by atoms with Gasteiger partial charge < -0.3 is 10.2 Å². The number of aliphatic hydroxyl groups is 1. The molecular formula is C10H21NO3. The van der Waals surface area contributed by atoms with Gasteiger partial charge in [-0.25, -0.2) is 0 Å². The molecule has 0 aliphatic heterocycles. The topological polar surface area (TPSA) is 60.8 Å². The second-order valence-electron chi connectivity index (χ2n) is 3.76. The standard InChI is InChI=1S/C10H21NO3/c1-4-8(2)11(7-10(13)14)6-5-9(3)12/h8-9,12H,4-7H2,1-3H3,(H,13,14). The van der Waals surface area contributed by atoms with Gasteiger partial charge in [0, 0.05) is 12.6 Å². The van der Waals surface area contributed by atoms with E-state index in [0.717, 1.165) is 6.42 Å². The van der Waals surface area contributed by atoms with E-state index in [0.29, 0.717) is 13.0 Å². The Morgan fingerprint density at radius 3 is 2.36 bits per heavy atom. The van der Waals surface area contributed by atoms with Gasteiger partial charge in [0.05, 0.1) is 12.6 Å². The van der Waals surface area contributed by atoms with Crippen LogP contribution in [0.25, 0.3) is 0 Å². The molecule has 0 saturated heterocycles. The van der Waals surface area contributed by atoms with Gasteiger partial charge in [-0.05, 0) is 26.7 Å². The highest BCUT2D eigenvalue weighted by molar-refractivity contribution is 5.69. The molecule has 0 aliphatic rings. The molecule has 0 aliphatic carbocycles. The predicted octanol–water partition coefficient (Wildman–Crippen LogP) is 0.942. The van der Waals surface area contributed by atoms with Gasteiger partial charge in [0.1, 0.15) is 0 Å². The van der Waals surface area contributed by atoms with Gasteiger partial charge in [-0.15, -0.1) is 0 Å². The lowest BCUT2D eigenvalue weighted by atomic mass is 10.2. The molecule has 0 radical (unpaired) electrons. The first kappa shape index (κ1) is 13.4. The molecule has 0 saturated carbocycles. The van der Waals surface area contributed by atoms with Crippen molar-refractivity contribution in [3.8, 4) is 0 Å². The van der Waals surface area contributed by atoms with Crippen LogP contribution < -0.4 is 0 Å². The van der Waals surface area contributed by atoms with Crippen molar-refractivity contribution in [3.63, 3.8) is 0 Å². The zero-order valence-corrected chi connectivity index (χ0v) is 9.23. The molecule has 0 aromatic rings. The molecule has 2 unspecified atom stereocenters. The van der Waals surface area contributed by atoms with E-state index < -0.39 is 5.97 Å². The molecule has 4 nitrogen and oxygen atoms in total. The Bertz CT molecular complexity index is 171. The van der Waals surface area contributed by atoms with Crippen LogP contribution in [0.15, 0.2) is 0 Å². The van der Waals surface area contributed by atoms with E-state index in [4.69, 9.17) is 10.2 Å². The van der Waals surface area contributed by atoms with Crippen LogP contribution in [-0.4, -0.2) is 46.3 Å². The van der Waals surface area contributed by atoms with Crippen LogP contribution in [0, 0.1) is 0 Å². The van der Waals surface area contributed by atoms with E-state index >= 15 is 0 Å². The smallest absolute Gasteiger partial charge is 0.317 e. The summed E-state index contributed by atoms with van der Waals surface area (Å²) in [6.07, 6.45) is 1.18. The molecule has 0 fully saturated rings. The molecule has 4 heteroatoms. The first-order chi connectivity index (χ1) is 6.47. The van der Waals surface area contributed by atoms with Crippen LogP contribution in [0.3, 0.4) is 0 Å². The maximum atomic E-state index is 10.6. The third-order valence-electron chi connectivity index (χ3n) is 2.39. The second kappa shape index (κ2) is 6.79. The van der Waals surface area contributed by atoms with Gasteiger partial charge in [0.15, 0.2) is 0 Å². The van der Waals surface area contributed by atoms with Crippen LogP contribution >= 0.6 is 0 Å². The number of aliphatic hydroxyl groups excluding tert-OH is 1. The minimum Gasteiger partial charge on any atom is -0.480 e. The van der Waals surface area contributed by atoms with E-state index in [1.807, 2.05) is 18.7 Å². The minimum absolute atomic E-state index is 0.0573. The van der Waals surface area contributed by atoms with Crippen molar-refractivity contribution in [2.75, 3.05) is 13.1 Å². The molecule has 0 rings (SSSR count). The fourth-order valence-corrected chi connectivity index (χ4v) is 1.24. The highest BCUT2D eigenvalue weighted by Crippen LogP contribution is 2.05.